The van der Waals surface area contributed by atoms with E-state index in [0.717, 1.165) is 38.1 Å². The highest BCUT2D eigenvalue weighted by atomic mass is 35.5. The van der Waals surface area contributed by atoms with Gasteiger partial charge in [0.25, 0.3) is 0 Å². The number of nitrogens with one attached hydrogen (secondary N) is 1. The van der Waals surface area contributed by atoms with Crippen molar-refractivity contribution < 1.29 is 4.79 Å². The summed E-state index contributed by atoms with van der Waals surface area (Å²) in [6.07, 6.45) is 14.1. The summed E-state index contributed by atoms with van der Waals surface area (Å²) in [5, 5.41) is 3.96. The van der Waals surface area contributed by atoms with Crippen molar-refractivity contribution in [2.45, 2.75) is 86.9 Å². The number of piperidine rings is 1. The number of carbonyl (C=O) groups is 1. The van der Waals surface area contributed by atoms with Gasteiger partial charge in [0.15, 0.2) is 0 Å². The van der Waals surface area contributed by atoms with Crippen LogP contribution in [0.2, 0.25) is 0 Å². The first kappa shape index (κ1) is 18.8. The Morgan fingerprint density at radius 1 is 1.04 bits per heavy atom. The molecule has 0 aromatic carbocycles. The molecule has 0 bridgehead atoms. The Kier molecular flexibility index (Phi) is 7.18. The van der Waals surface area contributed by atoms with Gasteiger partial charge in [-0.25, -0.2) is 0 Å². The average Bonchev–Trinajstić information content (AvgIpc) is 2.63. The third-order valence-corrected chi connectivity index (χ3v) is 7.96. The molecule has 0 aromatic rings. The van der Waals surface area contributed by atoms with Crippen molar-refractivity contribution in [2.24, 2.45) is 5.92 Å². The smallest absolute Gasteiger partial charge is 0.224 e. The van der Waals surface area contributed by atoms with Gasteiger partial charge < -0.3 is 10.2 Å². The summed E-state index contributed by atoms with van der Waals surface area (Å²) in [5.74, 6) is 0.229. The van der Waals surface area contributed by atoms with Gasteiger partial charge in [0.2, 0.25) is 5.91 Å². The van der Waals surface area contributed by atoms with E-state index in [0.29, 0.717) is 11.3 Å². The molecule has 0 aromatic heterocycles. The lowest BCUT2D eigenvalue weighted by atomic mass is 9.86. The molecule has 3 fully saturated rings. The van der Waals surface area contributed by atoms with Crippen LogP contribution < -0.4 is 5.32 Å². The second-order valence-corrected chi connectivity index (χ2v) is 9.60. The lowest BCUT2D eigenvalue weighted by molar-refractivity contribution is -0.126. The minimum Gasteiger partial charge on any atom is -0.353 e. The molecule has 5 heteroatoms. The van der Waals surface area contributed by atoms with Crippen LogP contribution in [0.25, 0.3) is 0 Å². The summed E-state index contributed by atoms with van der Waals surface area (Å²) >= 11 is 8.35. The molecule has 24 heavy (non-hydrogen) atoms. The van der Waals surface area contributed by atoms with E-state index in [9.17, 15) is 4.79 Å². The van der Waals surface area contributed by atoms with Crippen molar-refractivity contribution in [3.05, 3.63) is 0 Å². The van der Waals surface area contributed by atoms with Crippen molar-refractivity contribution in [3.8, 4) is 0 Å². The Hall–Kier alpha value is 0.0700. The number of hydrogen-bond donors (Lipinski definition) is 1. The van der Waals surface area contributed by atoms with E-state index in [-0.39, 0.29) is 17.2 Å². The normalized spacial score (nSPS) is 38.7. The van der Waals surface area contributed by atoms with Crippen LogP contribution in [-0.4, -0.2) is 52.9 Å². The summed E-state index contributed by atoms with van der Waals surface area (Å²) in [5.41, 5.74) is 0. The maximum absolute atomic E-state index is 12.7. The van der Waals surface area contributed by atoms with Gasteiger partial charge in [-0.05, 0) is 77.1 Å². The van der Waals surface area contributed by atoms with Crippen molar-refractivity contribution >= 4 is 29.3 Å². The second-order valence-electron chi connectivity index (χ2n) is 7.90. The van der Waals surface area contributed by atoms with E-state index in [2.05, 4.69) is 16.5 Å². The van der Waals surface area contributed by atoms with Crippen LogP contribution >= 0.6 is 23.4 Å². The molecule has 3 unspecified atom stereocenters. The molecule has 1 saturated heterocycles. The standard InChI is InChI=1S/C19H33ClN2OS/c1-24-16-9-10-18(20)17(13-16)19(23)21-14-5-7-15(8-6-14)22-11-3-2-4-12-22/h14-18H,2-13H2,1H3,(H,21,23). The van der Waals surface area contributed by atoms with Crippen LogP contribution in [0.5, 0.6) is 0 Å². The summed E-state index contributed by atoms with van der Waals surface area (Å²) in [4.78, 5) is 15.4. The number of halogens is 1. The van der Waals surface area contributed by atoms with Gasteiger partial charge in [-0.2, -0.15) is 11.8 Å². The van der Waals surface area contributed by atoms with Crippen molar-refractivity contribution in [2.75, 3.05) is 19.3 Å². The molecule has 3 atom stereocenters. The molecule has 0 radical (unpaired) electrons. The quantitative estimate of drug-likeness (QED) is 0.756. The zero-order valence-electron chi connectivity index (χ0n) is 15.0. The van der Waals surface area contributed by atoms with Crippen molar-refractivity contribution in [3.63, 3.8) is 0 Å². The molecule has 1 heterocycles. The molecule has 3 rings (SSSR count). The first-order valence-electron chi connectivity index (χ1n) is 9.88. The molecule has 3 nitrogen and oxygen atoms in total. The van der Waals surface area contributed by atoms with Gasteiger partial charge in [0.05, 0.1) is 5.92 Å². The minimum atomic E-state index is 0.0117. The highest BCUT2D eigenvalue weighted by molar-refractivity contribution is 7.99. The van der Waals surface area contributed by atoms with E-state index in [1.165, 1.54) is 45.2 Å². The molecular weight excluding hydrogens is 340 g/mol. The fourth-order valence-corrected chi connectivity index (χ4v) is 5.87. The topological polar surface area (TPSA) is 32.3 Å². The summed E-state index contributed by atoms with van der Waals surface area (Å²) in [6, 6.07) is 1.13. The first-order valence-corrected chi connectivity index (χ1v) is 11.6. The number of thioether (sulfide) groups is 1. The molecule has 2 saturated carbocycles. The van der Waals surface area contributed by atoms with E-state index < -0.39 is 0 Å². The van der Waals surface area contributed by atoms with E-state index in [1.807, 2.05) is 11.8 Å². The predicted octanol–water partition coefficient (Wildman–Crippen LogP) is 4.04. The number of hydrogen-bond acceptors (Lipinski definition) is 3. The first-order chi connectivity index (χ1) is 11.7. The molecule has 1 amide bonds. The summed E-state index contributed by atoms with van der Waals surface area (Å²) < 4.78 is 0. The maximum Gasteiger partial charge on any atom is 0.224 e. The number of rotatable bonds is 4. The average molecular weight is 373 g/mol. The van der Waals surface area contributed by atoms with E-state index in [1.54, 1.807) is 0 Å². The lowest BCUT2D eigenvalue weighted by Gasteiger charge is -2.39. The van der Waals surface area contributed by atoms with Crippen LogP contribution in [0, 0.1) is 5.92 Å². The molecule has 2 aliphatic carbocycles. The Morgan fingerprint density at radius 2 is 1.75 bits per heavy atom. The second kappa shape index (κ2) is 9.14. The summed E-state index contributed by atoms with van der Waals surface area (Å²) in [6.45, 7) is 2.57. The maximum atomic E-state index is 12.7. The van der Waals surface area contributed by atoms with Crippen LogP contribution in [0.3, 0.4) is 0 Å². The third-order valence-electron chi connectivity index (χ3n) is 6.34. The zero-order chi connectivity index (χ0) is 16.9. The van der Waals surface area contributed by atoms with Gasteiger partial charge in [-0.1, -0.05) is 6.42 Å². The Labute approximate surface area is 156 Å². The van der Waals surface area contributed by atoms with Crippen molar-refractivity contribution in [1.82, 2.24) is 10.2 Å². The van der Waals surface area contributed by atoms with Crippen LogP contribution in [0.4, 0.5) is 0 Å². The number of likely N-dealkylation sites (tertiary alicyclic amines) is 1. The molecule has 138 valence electrons. The van der Waals surface area contributed by atoms with E-state index >= 15 is 0 Å². The highest BCUT2D eigenvalue weighted by Crippen LogP contribution is 2.35. The highest BCUT2D eigenvalue weighted by Gasteiger charge is 2.35. The zero-order valence-corrected chi connectivity index (χ0v) is 16.6. The van der Waals surface area contributed by atoms with Crippen LogP contribution in [0.15, 0.2) is 0 Å². The Balaban J connectivity index is 1.44. The molecular formula is C19H33ClN2OS. The predicted molar refractivity (Wildman–Crippen MR) is 104 cm³/mol. The third kappa shape index (κ3) is 4.82. The molecule has 0 spiro atoms. The SMILES string of the molecule is CSC1CCC(Cl)C(C(=O)NC2CCC(N3CCCCC3)CC2)C1. The Bertz CT molecular complexity index is 408. The summed E-state index contributed by atoms with van der Waals surface area (Å²) in [7, 11) is 0. The van der Waals surface area contributed by atoms with Gasteiger partial charge in [0.1, 0.15) is 0 Å². The lowest BCUT2D eigenvalue weighted by Crippen LogP contribution is -2.48. The monoisotopic (exact) mass is 372 g/mol. The van der Waals surface area contributed by atoms with Crippen LogP contribution in [-0.2, 0) is 4.79 Å². The Morgan fingerprint density at radius 3 is 2.42 bits per heavy atom. The number of amides is 1. The van der Waals surface area contributed by atoms with Gasteiger partial charge in [-0.3, -0.25) is 4.79 Å². The van der Waals surface area contributed by atoms with Gasteiger partial charge >= 0.3 is 0 Å². The van der Waals surface area contributed by atoms with Crippen molar-refractivity contribution in [1.29, 1.82) is 0 Å². The molecule has 1 N–H and O–H groups in total. The number of nitrogens with zero attached hydrogens (tertiary/aromatic N) is 1. The fraction of sp³-hybridized carbons (Fsp3) is 0.947. The number of carbonyl (C=O) groups excluding carboxylic acids is 1. The molecule has 3 aliphatic rings. The fourth-order valence-electron chi connectivity index (χ4n) is 4.76. The van der Waals surface area contributed by atoms with Crippen LogP contribution in [0.1, 0.15) is 64.2 Å². The van der Waals surface area contributed by atoms with Gasteiger partial charge in [-0.15, -0.1) is 11.6 Å². The number of alkyl halides is 1. The minimum absolute atomic E-state index is 0.0117. The largest absolute Gasteiger partial charge is 0.353 e. The molecule has 1 aliphatic heterocycles. The van der Waals surface area contributed by atoms with E-state index in [4.69, 9.17) is 11.6 Å². The van der Waals surface area contributed by atoms with Gasteiger partial charge in [0, 0.05) is 22.7 Å².